The van der Waals surface area contributed by atoms with Crippen molar-refractivity contribution in [1.29, 1.82) is 0 Å². The summed E-state index contributed by atoms with van der Waals surface area (Å²) in [6.07, 6.45) is 0. The van der Waals surface area contributed by atoms with E-state index in [-0.39, 0.29) is 11.9 Å². The van der Waals surface area contributed by atoms with Crippen LogP contribution in [0.3, 0.4) is 0 Å². The van der Waals surface area contributed by atoms with Crippen molar-refractivity contribution in [1.82, 2.24) is 9.88 Å². The monoisotopic (exact) mass is 413 g/mol. The molecule has 0 spiro atoms. The zero-order valence-corrected chi connectivity index (χ0v) is 17.3. The van der Waals surface area contributed by atoms with Gasteiger partial charge in [0.05, 0.1) is 16.1 Å². The molecule has 0 atom stereocenters. The maximum atomic E-state index is 12.5. The van der Waals surface area contributed by atoms with Crippen molar-refractivity contribution in [3.63, 3.8) is 0 Å². The van der Waals surface area contributed by atoms with Crippen LogP contribution in [0.1, 0.15) is 34.7 Å². The van der Waals surface area contributed by atoms with Crippen molar-refractivity contribution in [2.45, 2.75) is 13.8 Å². The van der Waals surface area contributed by atoms with E-state index in [1.807, 2.05) is 12.1 Å². The number of amides is 1. The van der Waals surface area contributed by atoms with Gasteiger partial charge in [-0.2, -0.15) is 0 Å². The lowest BCUT2D eigenvalue weighted by molar-refractivity contribution is 0.0466. The summed E-state index contributed by atoms with van der Waals surface area (Å²) < 4.78 is 5.31. The molecule has 6 nitrogen and oxygen atoms in total. The minimum Gasteiger partial charge on any atom is -0.461 e. The third-order valence-electron chi connectivity index (χ3n) is 4.76. The van der Waals surface area contributed by atoms with E-state index >= 15 is 0 Å². The Morgan fingerprint density at radius 1 is 1.10 bits per heavy atom. The van der Waals surface area contributed by atoms with Crippen LogP contribution in [0.4, 0.5) is 5.69 Å². The van der Waals surface area contributed by atoms with Gasteiger partial charge >= 0.3 is 5.97 Å². The van der Waals surface area contributed by atoms with Crippen molar-refractivity contribution in [2.75, 3.05) is 31.6 Å². The fourth-order valence-electron chi connectivity index (χ4n) is 3.02. The van der Waals surface area contributed by atoms with Crippen molar-refractivity contribution in [3.8, 4) is 0 Å². The van der Waals surface area contributed by atoms with E-state index < -0.39 is 0 Å². The molecule has 0 unspecified atom stereocenters. The van der Waals surface area contributed by atoms with Crippen LogP contribution in [0.5, 0.6) is 0 Å². The molecular weight excluding hydrogens is 390 g/mol. The largest absolute Gasteiger partial charge is 0.461 e. The molecule has 0 radical (unpaired) electrons. The Bertz CT molecular complexity index is 994. The van der Waals surface area contributed by atoms with Gasteiger partial charge in [0.15, 0.2) is 0 Å². The lowest BCUT2D eigenvalue weighted by Gasteiger charge is -2.17. The lowest BCUT2D eigenvalue weighted by Crippen LogP contribution is -2.27. The summed E-state index contributed by atoms with van der Waals surface area (Å²) in [4.78, 5) is 29.9. The highest BCUT2D eigenvalue weighted by molar-refractivity contribution is 6.35. The topological polar surface area (TPSA) is 74.4 Å². The molecule has 7 heteroatoms. The molecule has 29 heavy (non-hydrogen) atoms. The summed E-state index contributed by atoms with van der Waals surface area (Å²) >= 11 is 6.14. The second kappa shape index (κ2) is 9.58. The number of nitrogens with one attached hydrogen (secondary N) is 2. The van der Waals surface area contributed by atoms with Crippen LogP contribution < -0.4 is 5.32 Å². The summed E-state index contributed by atoms with van der Waals surface area (Å²) in [5, 5.41) is 4.23. The van der Waals surface area contributed by atoms with Crippen molar-refractivity contribution in [2.24, 2.45) is 0 Å². The summed E-state index contributed by atoms with van der Waals surface area (Å²) in [7, 11) is 0. The van der Waals surface area contributed by atoms with Crippen LogP contribution in [0.15, 0.2) is 48.5 Å². The fourth-order valence-corrected chi connectivity index (χ4v) is 3.25. The predicted molar refractivity (Wildman–Crippen MR) is 116 cm³/mol. The minimum absolute atomic E-state index is 0.285. The summed E-state index contributed by atoms with van der Waals surface area (Å²) in [6, 6.07) is 13.9. The van der Waals surface area contributed by atoms with Crippen LogP contribution in [-0.4, -0.2) is 48.0 Å². The molecule has 3 rings (SSSR count). The predicted octanol–water partition coefficient (Wildman–Crippen LogP) is 4.57. The molecular formula is C22H24ClN3O3. The third-order valence-corrected chi connectivity index (χ3v) is 5.08. The van der Waals surface area contributed by atoms with E-state index in [0.29, 0.717) is 35.1 Å². The first-order valence-corrected chi connectivity index (χ1v) is 9.97. The number of nitrogens with zero attached hydrogens (tertiary/aromatic N) is 1. The highest BCUT2D eigenvalue weighted by Gasteiger charge is 2.12. The Balaban J connectivity index is 1.58. The number of carbonyl (C=O) groups excluding carboxylic acids is 2. The summed E-state index contributed by atoms with van der Waals surface area (Å²) in [5.74, 6) is -0.660. The number of hydrogen-bond acceptors (Lipinski definition) is 4. The highest BCUT2D eigenvalue weighted by atomic mass is 35.5. The van der Waals surface area contributed by atoms with Gasteiger partial charge in [-0.15, -0.1) is 0 Å². The van der Waals surface area contributed by atoms with Gasteiger partial charge in [-0.3, -0.25) is 4.79 Å². The van der Waals surface area contributed by atoms with Crippen LogP contribution in [0, 0.1) is 0 Å². The normalized spacial score (nSPS) is 11.0. The van der Waals surface area contributed by atoms with Gasteiger partial charge in [0, 0.05) is 17.6 Å². The maximum Gasteiger partial charge on any atom is 0.338 e. The van der Waals surface area contributed by atoms with Crippen molar-refractivity contribution >= 4 is 40.1 Å². The molecule has 152 valence electrons. The Morgan fingerprint density at radius 3 is 2.48 bits per heavy atom. The number of carbonyl (C=O) groups is 2. The lowest BCUT2D eigenvalue weighted by atomic mass is 10.2. The standard InChI is InChI=1S/C22H24ClN3O3/c1-3-26(4-2)12-13-29-22(28)15-8-10-17(11-9-15)24-21(27)19-14-16-6-5-7-18(23)20(16)25-19/h5-11,14,25H,3-4,12-13H2,1-2H3,(H,24,27). The zero-order valence-electron chi connectivity index (χ0n) is 16.5. The van der Waals surface area contributed by atoms with Crippen LogP contribution in [0.25, 0.3) is 10.9 Å². The Kier molecular flexibility index (Phi) is 6.90. The number of para-hydroxylation sites is 1. The second-order valence-electron chi connectivity index (χ2n) is 6.58. The van der Waals surface area contributed by atoms with Gasteiger partial charge < -0.3 is 19.9 Å². The highest BCUT2D eigenvalue weighted by Crippen LogP contribution is 2.24. The number of fused-ring (bicyclic) bond motifs is 1. The molecule has 2 N–H and O–H groups in total. The molecule has 0 saturated carbocycles. The zero-order chi connectivity index (χ0) is 20.8. The average Bonchev–Trinajstić information content (AvgIpc) is 3.18. The molecule has 1 amide bonds. The van der Waals surface area contributed by atoms with Gasteiger partial charge in [-0.25, -0.2) is 4.79 Å². The molecule has 0 fully saturated rings. The Morgan fingerprint density at radius 2 is 1.83 bits per heavy atom. The summed E-state index contributed by atoms with van der Waals surface area (Å²) in [6.45, 7) is 7.05. The first-order valence-electron chi connectivity index (χ1n) is 9.60. The van der Waals surface area contributed by atoms with Gasteiger partial charge in [0.25, 0.3) is 5.91 Å². The van der Waals surface area contributed by atoms with Crippen LogP contribution in [0.2, 0.25) is 5.02 Å². The number of esters is 1. The van der Waals surface area contributed by atoms with E-state index in [1.54, 1.807) is 36.4 Å². The van der Waals surface area contributed by atoms with Crippen molar-refractivity contribution in [3.05, 3.63) is 64.8 Å². The number of halogens is 1. The molecule has 0 aliphatic heterocycles. The van der Waals surface area contributed by atoms with Gasteiger partial charge in [0.2, 0.25) is 0 Å². The smallest absolute Gasteiger partial charge is 0.338 e. The molecule has 0 bridgehead atoms. The van der Waals surface area contributed by atoms with Gasteiger partial charge in [-0.1, -0.05) is 37.6 Å². The summed E-state index contributed by atoms with van der Waals surface area (Å²) in [5.41, 5.74) is 2.16. The number of H-pyrrole nitrogens is 1. The van der Waals surface area contributed by atoms with Gasteiger partial charge in [0.1, 0.15) is 12.3 Å². The maximum absolute atomic E-state index is 12.5. The molecule has 0 aliphatic rings. The second-order valence-corrected chi connectivity index (χ2v) is 6.99. The SMILES string of the molecule is CCN(CC)CCOC(=O)c1ccc(NC(=O)c2cc3cccc(Cl)c3[nH]2)cc1. The average molecular weight is 414 g/mol. The molecule has 0 saturated heterocycles. The number of aromatic amines is 1. The number of benzene rings is 2. The third kappa shape index (κ3) is 5.16. The number of likely N-dealkylation sites (N-methyl/N-ethyl adjacent to an activating group) is 1. The number of hydrogen-bond donors (Lipinski definition) is 2. The first-order chi connectivity index (χ1) is 14.0. The number of aromatic nitrogens is 1. The molecule has 1 aromatic heterocycles. The van der Waals surface area contributed by atoms with E-state index in [1.165, 1.54) is 0 Å². The van der Waals surface area contributed by atoms with E-state index in [0.717, 1.165) is 24.0 Å². The van der Waals surface area contributed by atoms with E-state index in [4.69, 9.17) is 16.3 Å². The van der Waals surface area contributed by atoms with Crippen LogP contribution >= 0.6 is 11.6 Å². The van der Waals surface area contributed by atoms with Gasteiger partial charge in [-0.05, 0) is 49.5 Å². The van der Waals surface area contributed by atoms with Crippen molar-refractivity contribution < 1.29 is 14.3 Å². The molecule has 3 aromatic rings. The van der Waals surface area contributed by atoms with E-state index in [9.17, 15) is 9.59 Å². The Hall–Kier alpha value is -2.83. The quantitative estimate of drug-likeness (QED) is 0.530. The number of anilines is 1. The van der Waals surface area contributed by atoms with E-state index in [2.05, 4.69) is 29.0 Å². The number of ether oxygens (including phenoxy) is 1. The minimum atomic E-state index is -0.375. The Labute approximate surface area is 174 Å². The molecule has 0 aliphatic carbocycles. The fraction of sp³-hybridized carbons (Fsp3) is 0.273. The van der Waals surface area contributed by atoms with Crippen LogP contribution in [-0.2, 0) is 4.74 Å². The molecule has 2 aromatic carbocycles. The first kappa shape index (κ1) is 20.9. The number of rotatable bonds is 8. The molecule has 1 heterocycles.